The van der Waals surface area contributed by atoms with E-state index in [1.807, 2.05) is 11.1 Å². The second-order valence-electron chi connectivity index (χ2n) is 8.90. The van der Waals surface area contributed by atoms with Crippen LogP contribution < -0.4 is 10.6 Å². The molecule has 1 saturated carbocycles. The van der Waals surface area contributed by atoms with E-state index in [9.17, 15) is 14.9 Å². The number of hydrogen-bond donors (Lipinski definition) is 2. The zero-order chi connectivity index (χ0) is 21.3. The van der Waals surface area contributed by atoms with E-state index in [1.165, 1.54) is 32.1 Å². The van der Waals surface area contributed by atoms with Gasteiger partial charge in [0.15, 0.2) is 6.19 Å². The molecule has 3 rings (SSSR count). The highest BCUT2D eigenvalue weighted by molar-refractivity contribution is 5.90. The molecule has 30 heavy (non-hydrogen) atoms. The van der Waals surface area contributed by atoms with Gasteiger partial charge in [-0.3, -0.25) is 14.9 Å². The molecule has 2 aliphatic heterocycles. The lowest BCUT2D eigenvalue weighted by molar-refractivity contribution is -0.140. The summed E-state index contributed by atoms with van der Waals surface area (Å²) in [6, 6.07) is -0.362. The molecule has 2 unspecified atom stereocenters. The molecule has 2 saturated heterocycles. The molecule has 3 fully saturated rings. The minimum atomic E-state index is -0.555. The van der Waals surface area contributed by atoms with E-state index in [1.54, 1.807) is 4.90 Å². The van der Waals surface area contributed by atoms with Gasteiger partial charge in [0.1, 0.15) is 6.04 Å². The van der Waals surface area contributed by atoms with Crippen molar-refractivity contribution in [3.05, 3.63) is 0 Å². The van der Waals surface area contributed by atoms with E-state index in [-0.39, 0.29) is 24.4 Å². The summed E-state index contributed by atoms with van der Waals surface area (Å²) >= 11 is 0. The van der Waals surface area contributed by atoms with Crippen molar-refractivity contribution in [2.75, 3.05) is 26.2 Å². The Bertz CT molecular complexity index is 661. The first-order chi connectivity index (χ1) is 14.6. The maximum absolute atomic E-state index is 13.1. The van der Waals surface area contributed by atoms with Gasteiger partial charge in [-0.25, -0.2) is 4.99 Å². The maximum Gasteiger partial charge on any atom is 0.247 e. The third-order valence-corrected chi connectivity index (χ3v) is 6.72. The molecular weight excluding hydrogens is 380 g/mol. The summed E-state index contributed by atoms with van der Waals surface area (Å²) in [5, 5.41) is 15.2. The predicted octanol–water partition coefficient (Wildman–Crippen LogP) is 1.97. The first-order valence-electron chi connectivity index (χ1n) is 11.6. The van der Waals surface area contributed by atoms with Gasteiger partial charge >= 0.3 is 0 Å². The molecule has 2 N–H and O–H groups in total. The zero-order valence-corrected chi connectivity index (χ0v) is 18.2. The van der Waals surface area contributed by atoms with Crippen LogP contribution in [0.3, 0.4) is 0 Å². The van der Waals surface area contributed by atoms with Gasteiger partial charge in [0.05, 0.1) is 6.54 Å². The third-order valence-electron chi connectivity index (χ3n) is 6.72. The Labute approximate surface area is 180 Å². The number of nitrogens with zero attached hydrogens (tertiary/aromatic N) is 4. The Morgan fingerprint density at radius 3 is 2.47 bits per heavy atom. The van der Waals surface area contributed by atoms with E-state index in [2.05, 4.69) is 22.5 Å². The normalized spacial score (nSPS) is 24.9. The number of likely N-dealkylation sites (tertiary alicyclic amines) is 2. The minimum absolute atomic E-state index is 0.0323. The fourth-order valence-electron chi connectivity index (χ4n) is 4.87. The van der Waals surface area contributed by atoms with Crippen molar-refractivity contribution in [3.8, 4) is 6.19 Å². The molecule has 0 spiro atoms. The summed E-state index contributed by atoms with van der Waals surface area (Å²) in [4.78, 5) is 33.8. The maximum atomic E-state index is 13.1. The molecule has 0 aromatic heterocycles. The number of amides is 2. The van der Waals surface area contributed by atoms with E-state index >= 15 is 0 Å². The molecule has 0 aromatic carbocycles. The molecule has 0 radical (unpaired) electrons. The third kappa shape index (κ3) is 6.10. The average molecular weight is 417 g/mol. The number of carbonyl (C=O) groups excluding carboxylic acids is 2. The van der Waals surface area contributed by atoms with Crippen LogP contribution in [-0.2, 0) is 9.59 Å². The summed E-state index contributed by atoms with van der Waals surface area (Å²) in [7, 11) is 0. The van der Waals surface area contributed by atoms with Gasteiger partial charge < -0.3 is 15.1 Å². The molecule has 1 aliphatic carbocycles. The SMILES string of the molecule is CC(NC(=NC1CCCCN(CC(=O)N2CCCC2)C1=O)NC#N)C1CCCCC1. The lowest BCUT2D eigenvalue weighted by Crippen LogP contribution is -2.47. The molecule has 0 bridgehead atoms. The van der Waals surface area contributed by atoms with Crippen molar-refractivity contribution in [1.29, 1.82) is 5.26 Å². The second kappa shape index (κ2) is 11.2. The Morgan fingerprint density at radius 2 is 1.77 bits per heavy atom. The molecular formula is C22H36N6O2. The summed E-state index contributed by atoms with van der Waals surface area (Å²) in [6.45, 7) is 4.44. The second-order valence-corrected chi connectivity index (χ2v) is 8.90. The Morgan fingerprint density at radius 1 is 1.10 bits per heavy atom. The number of carbonyl (C=O) groups is 2. The van der Waals surface area contributed by atoms with Crippen LogP contribution in [0.2, 0.25) is 0 Å². The van der Waals surface area contributed by atoms with Gasteiger partial charge in [0.2, 0.25) is 17.8 Å². The van der Waals surface area contributed by atoms with E-state index in [0.717, 1.165) is 38.8 Å². The lowest BCUT2D eigenvalue weighted by atomic mass is 9.84. The first kappa shape index (κ1) is 22.4. The molecule has 8 heteroatoms. The Kier molecular flexibility index (Phi) is 8.35. The van der Waals surface area contributed by atoms with Crippen LogP contribution in [0.4, 0.5) is 0 Å². The van der Waals surface area contributed by atoms with Gasteiger partial charge in [-0.2, -0.15) is 5.26 Å². The van der Waals surface area contributed by atoms with Crippen LogP contribution in [0, 0.1) is 17.4 Å². The fraction of sp³-hybridized carbons (Fsp3) is 0.818. The number of aliphatic imine (C=N–C) groups is 1. The largest absolute Gasteiger partial charge is 0.353 e. The van der Waals surface area contributed by atoms with Crippen LogP contribution in [0.15, 0.2) is 4.99 Å². The van der Waals surface area contributed by atoms with Crippen molar-refractivity contribution < 1.29 is 9.59 Å². The van der Waals surface area contributed by atoms with Crippen LogP contribution in [-0.4, -0.2) is 65.8 Å². The molecule has 0 aromatic rings. The van der Waals surface area contributed by atoms with Gasteiger partial charge in [-0.1, -0.05) is 19.3 Å². The highest BCUT2D eigenvalue weighted by Gasteiger charge is 2.30. The molecule has 8 nitrogen and oxygen atoms in total. The summed E-state index contributed by atoms with van der Waals surface area (Å²) in [5.41, 5.74) is 0. The van der Waals surface area contributed by atoms with Crippen LogP contribution in [0.25, 0.3) is 0 Å². The van der Waals surface area contributed by atoms with Crippen molar-refractivity contribution in [2.45, 2.75) is 83.2 Å². The number of hydrogen-bond acceptors (Lipinski definition) is 4. The number of nitrogens with one attached hydrogen (secondary N) is 2. The Balaban J connectivity index is 1.65. The molecule has 2 atom stereocenters. The summed E-state index contributed by atoms with van der Waals surface area (Å²) in [6.07, 6.45) is 12.6. The van der Waals surface area contributed by atoms with Crippen molar-refractivity contribution in [3.63, 3.8) is 0 Å². The number of guanidine groups is 1. The molecule has 3 aliphatic rings. The van der Waals surface area contributed by atoms with E-state index in [4.69, 9.17) is 0 Å². The summed E-state index contributed by atoms with van der Waals surface area (Å²) in [5.74, 6) is 0.861. The molecule has 2 heterocycles. The molecule has 166 valence electrons. The average Bonchev–Trinajstić information content (AvgIpc) is 3.24. The highest BCUT2D eigenvalue weighted by atomic mass is 16.2. The standard InChI is InChI=1S/C22H36N6O2/c1-17(18-9-3-2-4-10-18)25-22(24-16-23)26-19-11-5-6-14-28(21(19)30)15-20(29)27-12-7-8-13-27/h17-19H,2-15H2,1H3,(H2,24,25,26). The van der Waals surface area contributed by atoms with Gasteiger partial charge in [-0.05, 0) is 57.8 Å². The van der Waals surface area contributed by atoms with E-state index in [0.29, 0.717) is 24.8 Å². The Hall–Kier alpha value is -2.30. The highest BCUT2D eigenvalue weighted by Crippen LogP contribution is 2.26. The van der Waals surface area contributed by atoms with Gasteiger partial charge in [0.25, 0.3) is 0 Å². The predicted molar refractivity (Wildman–Crippen MR) is 115 cm³/mol. The van der Waals surface area contributed by atoms with Crippen LogP contribution in [0.1, 0.15) is 71.1 Å². The van der Waals surface area contributed by atoms with Gasteiger partial charge in [0, 0.05) is 25.7 Å². The van der Waals surface area contributed by atoms with Crippen molar-refractivity contribution >= 4 is 17.8 Å². The van der Waals surface area contributed by atoms with Crippen LogP contribution >= 0.6 is 0 Å². The first-order valence-corrected chi connectivity index (χ1v) is 11.6. The monoisotopic (exact) mass is 416 g/mol. The molecule has 2 amide bonds. The van der Waals surface area contributed by atoms with Gasteiger partial charge in [-0.15, -0.1) is 0 Å². The summed E-state index contributed by atoms with van der Waals surface area (Å²) < 4.78 is 0. The topological polar surface area (TPSA) is 101 Å². The van der Waals surface area contributed by atoms with Crippen LogP contribution in [0.5, 0.6) is 0 Å². The lowest BCUT2D eigenvalue weighted by Gasteiger charge is -2.29. The minimum Gasteiger partial charge on any atom is -0.353 e. The smallest absolute Gasteiger partial charge is 0.247 e. The van der Waals surface area contributed by atoms with E-state index < -0.39 is 6.04 Å². The number of nitriles is 1. The quantitative estimate of drug-likeness (QED) is 0.309. The number of rotatable bonds is 5. The van der Waals surface area contributed by atoms with Crippen molar-refractivity contribution in [1.82, 2.24) is 20.4 Å². The zero-order valence-electron chi connectivity index (χ0n) is 18.2. The van der Waals surface area contributed by atoms with Crippen molar-refractivity contribution in [2.24, 2.45) is 10.9 Å². The fourth-order valence-corrected chi connectivity index (χ4v) is 4.87.